The topological polar surface area (TPSA) is 63.9 Å². The Morgan fingerprint density at radius 2 is 1.88 bits per heavy atom. The zero-order chi connectivity index (χ0) is 23.8. The van der Waals surface area contributed by atoms with Crippen LogP contribution in [0.2, 0.25) is 0 Å². The molecule has 0 saturated heterocycles. The van der Waals surface area contributed by atoms with E-state index in [1.807, 2.05) is 7.05 Å². The summed E-state index contributed by atoms with van der Waals surface area (Å²) in [4.78, 5) is 15.4. The molecule has 0 amide bonds. The van der Waals surface area contributed by atoms with Crippen LogP contribution in [0, 0.1) is 5.92 Å². The quantitative estimate of drug-likeness (QED) is 0.650. The van der Waals surface area contributed by atoms with Crippen molar-refractivity contribution in [3.05, 3.63) is 47.3 Å². The molecule has 4 rings (SSSR count). The number of nitrogens with zero attached hydrogens (tertiary/aromatic N) is 2. The molecule has 1 saturated carbocycles. The lowest BCUT2D eigenvalue weighted by atomic mass is 9.71. The smallest absolute Gasteiger partial charge is 0.431 e. The molecular weight excluding hydrogens is 437 g/mol. The van der Waals surface area contributed by atoms with E-state index in [9.17, 15) is 18.0 Å². The Kier molecular flexibility index (Phi) is 6.46. The van der Waals surface area contributed by atoms with Gasteiger partial charge >= 0.3 is 6.18 Å². The monoisotopic (exact) mass is 466 g/mol. The molecule has 1 aromatic carbocycles. The minimum Gasteiger partial charge on any atom is -0.493 e. The van der Waals surface area contributed by atoms with E-state index >= 15 is 0 Å². The third kappa shape index (κ3) is 4.24. The van der Waals surface area contributed by atoms with Gasteiger partial charge < -0.3 is 19.1 Å². The van der Waals surface area contributed by atoms with Gasteiger partial charge in [0.25, 0.3) is 0 Å². The summed E-state index contributed by atoms with van der Waals surface area (Å²) in [6.07, 6.45) is -1.94. The van der Waals surface area contributed by atoms with Crippen molar-refractivity contribution in [2.24, 2.45) is 5.92 Å². The summed E-state index contributed by atoms with van der Waals surface area (Å²) in [5.41, 5.74) is 0.127. The summed E-state index contributed by atoms with van der Waals surface area (Å²) in [6, 6.07) is 7.78. The summed E-state index contributed by atoms with van der Waals surface area (Å²) < 4.78 is 52.6. The molecule has 1 aliphatic heterocycles. The number of likely N-dealkylation sites (N-methyl/N-ethyl adjacent to an activating group) is 1. The van der Waals surface area contributed by atoms with Crippen LogP contribution in [-0.4, -0.2) is 54.3 Å². The minimum atomic E-state index is -4.38. The molecule has 0 unspecified atom stereocenters. The zero-order valence-electron chi connectivity index (χ0n) is 18.8. The number of hydrogen-bond acceptors (Lipinski definition) is 5. The Balaban J connectivity index is 1.52. The van der Waals surface area contributed by atoms with Crippen molar-refractivity contribution in [3.63, 3.8) is 0 Å². The van der Waals surface area contributed by atoms with Crippen LogP contribution in [0.4, 0.5) is 13.2 Å². The number of alkyl halides is 3. The van der Waals surface area contributed by atoms with Crippen molar-refractivity contribution >= 4 is 5.78 Å². The molecule has 1 aromatic heterocycles. The Morgan fingerprint density at radius 3 is 2.52 bits per heavy atom. The summed E-state index contributed by atoms with van der Waals surface area (Å²) in [7, 11) is 3.45. The summed E-state index contributed by atoms with van der Waals surface area (Å²) in [6.45, 7) is 0.841. The predicted octanol–water partition coefficient (Wildman–Crippen LogP) is 4.10. The Bertz CT molecular complexity index is 1010. The summed E-state index contributed by atoms with van der Waals surface area (Å²) in [5, 5.41) is 8.95. The Hall–Kier alpha value is -2.52. The van der Waals surface area contributed by atoms with Gasteiger partial charge in [0.2, 0.25) is 0 Å². The van der Waals surface area contributed by atoms with Gasteiger partial charge in [-0.15, -0.1) is 0 Å². The van der Waals surface area contributed by atoms with Gasteiger partial charge in [-0.3, -0.25) is 9.69 Å². The van der Waals surface area contributed by atoms with Gasteiger partial charge in [0.15, 0.2) is 17.3 Å². The van der Waals surface area contributed by atoms with E-state index in [1.165, 1.54) is 17.7 Å². The third-order valence-corrected chi connectivity index (χ3v) is 7.12. The molecule has 2 aromatic rings. The maximum absolute atomic E-state index is 13.5. The van der Waals surface area contributed by atoms with E-state index in [-0.39, 0.29) is 24.9 Å². The number of carbonyl (C=O) groups is 1. The fourth-order valence-electron chi connectivity index (χ4n) is 5.35. The summed E-state index contributed by atoms with van der Waals surface area (Å²) in [5.74, 6) is 0.675. The lowest BCUT2D eigenvalue weighted by Gasteiger charge is -2.50. The number of aliphatic hydroxyl groups is 1. The molecule has 6 nitrogen and oxygen atoms in total. The van der Waals surface area contributed by atoms with Crippen molar-refractivity contribution < 1.29 is 32.5 Å². The van der Waals surface area contributed by atoms with Gasteiger partial charge in [-0.2, -0.15) is 13.2 Å². The van der Waals surface area contributed by atoms with Crippen LogP contribution in [0.5, 0.6) is 11.5 Å². The third-order valence-electron chi connectivity index (χ3n) is 7.12. The highest BCUT2D eigenvalue weighted by molar-refractivity contribution is 5.98. The maximum Gasteiger partial charge on any atom is 0.431 e. The van der Waals surface area contributed by atoms with E-state index in [1.54, 1.807) is 24.3 Å². The van der Waals surface area contributed by atoms with Crippen molar-refractivity contribution in [2.45, 2.75) is 43.9 Å². The van der Waals surface area contributed by atoms with E-state index in [0.717, 1.165) is 0 Å². The van der Waals surface area contributed by atoms with Gasteiger partial charge in [-0.05, 0) is 63.1 Å². The van der Waals surface area contributed by atoms with Crippen LogP contribution < -0.4 is 9.47 Å². The van der Waals surface area contributed by atoms with Crippen LogP contribution in [-0.2, 0) is 18.3 Å². The largest absolute Gasteiger partial charge is 0.493 e. The molecule has 2 heterocycles. The second-order valence-electron chi connectivity index (χ2n) is 8.78. The Morgan fingerprint density at radius 1 is 1.15 bits per heavy atom. The molecule has 33 heavy (non-hydrogen) atoms. The second-order valence-corrected chi connectivity index (χ2v) is 8.78. The fraction of sp³-hybridized carbons (Fsp3) is 0.542. The van der Waals surface area contributed by atoms with Crippen molar-refractivity contribution in [1.29, 1.82) is 0 Å². The standard InChI is InChI=1S/C24H29F3N2O4/c1-28-11-12-29-20(5-6-21(29)24(25,26)27)23(28)9-7-16(8-10-23)22(31)17-3-4-18(33-14-13-30)19(15-17)32-2/h3-6,15-16,30H,7-14H2,1-2H3. The van der Waals surface area contributed by atoms with E-state index in [2.05, 4.69) is 4.90 Å². The highest BCUT2D eigenvalue weighted by Gasteiger charge is 2.47. The van der Waals surface area contributed by atoms with E-state index < -0.39 is 17.4 Å². The molecule has 0 bridgehead atoms. The number of fused-ring (bicyclic) bond motifs is 2. The van der Waals surface area contributed by atoms with Crippen molar-refractivity contribution in [3.8, 4) is 11.5 Å². The van der Waals surface area contributed by atoms with Gasteiger partial charge in [-0.1, -0.05) is 0 Å². The van der Waals surface area contributed by atoms with Crippen LogP contribution in [0.25, 0.3) is 0 Å². The van der Waals surface area contributed by atoms with Gasteiger partial charge in [0.1, 0.15) is 12.3 Å². The molecule has 1 spiro atoms. The van der Waals surface area contributed by atoms with Crippen LogP contribution in [0.1, 0.15) is 47.4 Å². The number of Topliss-reactive ketones (excluding diaryl/α,β-unsaturated/α-hetero) is 1. The first kappa shape index (κ1) is 23.6. The van der Waals surface area contributed by atoms with E-state index in [0.29, 0.717) is 61.5 Å². The number of carbonyl (C=O) groups excluding carboxylic acids is 1. The molecule has 2 aliphatic rings. The number of aliphatic hydroxyl groups excluding tert-OH is 1. The number of aromatic nitrogens is 1. The number of rotatable bonds is 6. The maximum atomic E-state index is 13.5. The Labute approximate surface area is 190 Å². The molecule has 1 aliphatic carbocycles. The van der Waals surface area contributed by atoms with Crippen molar-refractivity contribution in [2.75, 3.05) is 33.9 Å². The normalized spacial score (nSPS) is 23.4. The fourth-order valence-corrected chi connectivity index (χ4v) is 5.35. The molecular formula is C24H29F3N2O4. The SMILES string of the molecule is COc1cc(C(=O)C2CCC3(CC2)c2ccc(C(F)(F)F)n2CCN3C)ccc1OCCO. The van der Waals surface area contributed by atoms with Crippen molar-refractivity contribution in [1.82, 2.24) is 9.47 Å². The molecule has 0 radical (unpaired) electrons. The first-order valence-corrected chi connectivity index (χ1v) is 11.2. The number of benzene rings is 1. The summed E-state index contributed by atoms with van der Waals surface area (Å²) >= 11 is 0. The second kappa shape index (κ2) is 9.02. The molecule has 1 N–H and O–H groups in total. The number of hydrogen-bond donors (Lipinski definition) is 1. The highest BCUT2D eigenvalue weighted by Crippen LogP contribution is 2.48. The number of methoxy groups -OCH3 is 1. The molecule has 1 fully saturated rings. The minimum absolute atomic E-state index is 0.00156. The molecule has 9 heteroatoms. The van der Waals surface area contributed by atoms with Gasteiger partial charge in [-0.25, -0.2) is 0 Å². The molecule has 180 valence electrons. The predicted molar refractivity (Wildman–Crippen MR) is 116 cm³/mol. The van der Waals surface area contributed by atoms with Crippen LogP contribution in [0.15, 0.2) is 30.3 Å². The number of ketones is 1. The van der Waals surface area contributed by atoms with Gasteiger partial charge in [0.05, 0.1) is 19.3 Å². The first-order valence-electron chi connectivity index (χ1n) is 11.2. The number of ether oxygens (including phenoxy) is 2. The first-order chi connectivity index (χ1) is 15.7. The average Bonchev–Trinajstić information content (AvgIpc) is 3.26. The van der Waals surface area contributed by atoms with E-state index in [4.69, 9.17) is 14.6 Å². The molecule has 0 atom stereocenters. The zero-order valence-corrected chi connectivity index (χ0v) is 18.8. The van der Waals surface area contributed by atoms with Crippen LogP contribution in [0.3, 0.4) is 0 Å². The lowest BCUT2D eigenvalue weighted by molar-refractivity contribution is -0.144. The van der Waals surface area contributed by atoms with Gasteiger partial charge in [0, 0.05) is 30.3 Å². The lowest BCUT2D eigenvalue weighted by Crippen LogP contribution is -2.52. The number of halogens is 3. The highest BCUT2D eigenvalue weighted by atomic mass is 19.4. The average molecular weight is 467 g/mol. The van der Waals surface area contributed by atoms with Crippen LogP contribution >= 0.6 is 0 Å².